The van der Waals surface area contributed by atoms with Crippen LogP contribution in [0.25, 0.3) is 10.6 Å². The number of aryl methyl sites for hydroxylation is 2. The SMILES string of the molecule is Cc1nc(C)c(-c2csc(NC(=O)C3CC(F)(F)C3)n2)s1. The highest BCUT2D eigenvalue weighted by atomic mass is 32.1. The molecular weight excluding hydrogens is 316 g/mol. The molecule has 2 aromatic rings. The highest BCUT2D eigenvalue weighted by Gasteiger charge is 2.48. The molecule has 0 atom stereocenters. The minimum Gasteiger partial charge on any atom is -0.302 e. The summed E-state index contributed by atoms with van der Waals surface area (Å²) in [5.41, 5.74) is 1.66. The van der Waals surface area contributed by atoms with Crippen LogP contribution in [0.3, 0.4) is 0 Å². The molecule has 3 rings (SSSR count). The maximum Gasteiger partial charge on any atom is 0.249 e. The number of rotatable bonds is 3. The van der Waals surface area contributed by atoms with Gasteiger partial charge in [0.25, 0.3) is 0 Å². The van der Waals surface area contributed by atoms with Crippen molar-refractivity contribution in [2.45, 2.75) is 32.6 Å². The van der Waals surface area contributed by atoms with E-state index in [4.69, 9.17) is 0 Å². The summed E-state index contributed by atoms with van der Waals surface area (Å²) in [5, 5.41) is 5.85. The van der Waals surface area contributed by atoms with Crippen LogP contribution in [0.5, 0.6) is 0 Å². The quantitative estimate of drug-likeness (QED) is 0.930. The van der Waals surface area contributed by atoms with E-state index in [9.17, 15) is 13.6 Å². The van der Waals surface area contributed by atoms with Gasteiger partial charge >= 0.3 is 0 Å². The number of alkyl halides is 2. The van der Waals surface area contributed by atoms with Gasteiger partial charge < -0.3 is 5.32 Å². The third-order valence-corrected chi connectivity index (χ3v) is 5.18. The Kier molecular flexibility index (Phi) is 3.53. The maximum atomic E-state index is 12.8. The highest BCUT2D eigenvalue weighted by Crippen LogP contribution is 2.43. The Morgan fingerprint density at radius 2 is 2.10 bits per heavy atom. The number of amides is 1. The molecule has 1 aliphatic carbocycles. The van der Waals surface area contributed by atoms with E-state index in [1.807, 2.05) is 19.2 Å². The average molecular weight is 329 g/mol. The molecular formula is C13H13F2N3OS2. The Labute approximate surface area is 128 Å². The normalized spacial score (nSPS) is 17.5. The van der Waals surface area contributed by atoms with Crippen molar-refractivity contribution in [2.24, 2.45) is 5.92 Å². The number of hydrogen-bond donors (Lipinski definition) is 1. The third-order valence-electron chi connectivity index (χ3n) is 3.33. The molecule has 0 aliphatic heterocycles. The molecule has 0 bridgehead atoms. The van der Waals surface area contributed by atoms with Gasteiger partial charge in [0.15, 0.2) is 5.13 Å². The summed E-state index contributed by atoms with van der Waals surface area (Å²) in [7, 11) is 0. The average Bonchev–Trinajstić information content (AvgIpc) is 2.92. The Bertz CT molecular complexity index is 687. The van der Waals surface area contributed by atoms with Gasteiger partial charge in [-0.05, 0) is 13.8 Å². The number of nitrogens with one attached hydrogen (secondary N) is 1. The van der Waals surface area contributed by atoms with E-state index in [0.29, 0.717) is 5.13 Å². The van der Waals surface area contributed by atoms with Gasteiger partial charge in [0, 0.05) is 24.1 Å². The van der Waals surface area contributed by atoms with Crippen LogP contribution in [0.4, 0.5) is 13.9 Å². The number of carbonyl (C=O) groups excluding carboxylic acids is 1. The Morgan fingerprint density at radius 3 is 2.67 bits per heavy atom. The molecule has 21 heavy (non-hydrogen) atoms. The summed E-state index contributed by atoms with van der Waals surface area (Å²) in [5.74, 6) is -3.67. The van der Waals surface area contributed by atoms with Crippen LogP contribution in [0.15, 0.2) is 5.38 Å². The molecule has 112 valence electrons. The van der Waals surface area contributed by atoms with Crippen LogP contribution in [-0.2, 0) is 4.79 Å². The molecule has 0 aromatic carbocycles. The number of nitrogens with zero attached hydrogens (tertiary/aromatic N) is 2. The molecule has 0 unspecified atom stereocenters. The van der Waals surface area contributed by atoms with E-state index in [1.54, 1.807) is 11.3 Å². The van der Waals surface area contributed by atoms with E-state index in [-0.39, 0.29) is 18.7 Å². The zero-order valence-corrected chi connectivity index (χ0v) is 13.1. The van der Waals surface area contributed by atoms with Crippen molar-refractivity contribution in [3.05, 3.63) is 16.1 Å². The minimum absolute atomic E-state index is 0.371. The van der Waals surface area contributed by atoms with Crippen LogP contribution < -0.4 is 5.32 Å². The van der Waals surface area contributed by atoms with E-state index >= 15 is 0 Å². The van der Waals surface area contributed by atoms with Crippen LogP contribution in [-0.4, -0.2) is 21.8 Å². The lowest BCUT2D eigenvalue weighted by Gasteiger charge is -2.33. The second kappa shape index (κ2) is 5.10. The number of halogens is 2. The Balaban J connectivity index is 1.68. The predicted molar refractivity (Wildman–Crippen MR) is 79.0 cm³/mol. The van der Waals surface area contributed by atoms with Crippen molar-refractivity contribution in [1.29, 1.82) is 0 Å². The molecule has 0 spiro atoms. The van der Waals surface area contributed by atoms with Crippen molar-refractivity contribution >= 4 is 33.7 Å². The largest absolute Gasteiger partial charge is 0.302 e. The van der Waals surface area contributed by atoms with E-state index in [0.717, 1.165) is 21.3 Å². The van der Waals surface area contributed by atoms with Gasteiger partial charge in [-0.25, -0.2) is 18.7 Å². The minimum atomic E-state index is -2.69. The van der Waals surface area contributed by atoms with E-state index < -0.39 is 11.8 Å². The van der Waals surface area contributed by atoms with Gasteiger partial charge in [-0.15, -0.1) is 22.7 Å². The fraction of sp³-hybridized carbons (Fsp3) is 0.462. The first-order valence-electron chi connectivity index (χ1n) is 6.43. The van der Waals surface area contributed by atoms with Crippen molar-refractivity contribution < 1.29 is 13.6 Å². The van der Waals surface area contributed by atoms with Crippen LogP contribution >= 0.6 is 22.7 Å². The highest BCUT2D eigenvalue weighted by molar-refractivity contribution is 7.16. The first-order chi connectivity index (χ1) is 9.84. The first kappa shape index (κ1) is 14.5. The number of anilines is 1. The number of aromatic nitrogens is 2. The monoisotopic (exact) mass is 329 g/mol. The standard InChI is InChI=1S/C13H13F2N3OS2/c1-6-10(21-7(2)16-6)9-5-20-12(17-9)18-11(19)8-3-13(14,15)4-8/h5,8H,3-4H2,1-2H3,(H,17,18,19). The molecule has 0 radical (unpaired) electrons. The fourth-order valence-corrected chi connectivity index (χ4v) is 3.92. The molecule has 2 heterocycles. The molecule has 1 N–H and O–H groups in total. The lowest BCUT2D eigenvalue weighted by atomic mass is 9.81. The van der Waals surface area contributed by atoms with Crippen LogP contribution in [0.2, 0.25) is 0 Å². The first-order valence-corrected chi connectivity index (χ1v) is 8.12. The third kappa shape index (κ3) is 2.96. The van der Waals surface area contributed by atoms with Gasteiger partial charge in [0.05, 0.1) is 21.3 Å². The van der Waals surface area contributed by atoms with Crippen molar-refractivity contribution in [2.75, 3.05) is 5.32 Å². The smallest absolute Gasteiger partial charge is 0.249 e. The second-order valence-electron chi connectivity index (χ2n) is 5.14. The van der Waals surface area contributed by atoms with Crippen LogP contribution in [0.1, 0.15) is 23.5 Å². The van der Waals surface area contributed by atoms with Gasteiger partial charge in [-0.1, -0.05) is 0 Å². The van der Waals surface area contributed by atoms with E-state index in [2.05, 4.69) is 15.3 Å². The zero-order valence-electron chi connectivity index (χ0n) is 11.4. The summed E-state index contributed by atoms with van der Waals surface area (Å²) in [6.07, 6.45) is -0.742. The Hall–Kier alpha value is -1.41. The number of carbonyl (C=O) groups is 1. The maximum absolute atomic E-state index is 12.8. The molecule has 2 aromatic heterocycles. The molecule has 1 saturated carbocycles. The fourth-order valence-electron chi connectivity index (χ4n) is 2.26. The van der Waals surface area contributed by atoms with Gasteiger partial charge in [0.1, 0.15) is 0 Å². The Morgan fingerprint density at radius 1 is 1.38 bits per heavy atom. The molecule has 8 heteroatoms. The predicted octanol–water partition coefficient (Wildman–Crippen LogP) is 3.87. The molecule has 0 saturated heterocycles. The lowest BCUT2D eigenvalue weighted by Crippen LogP contribution is -2.42. The number of thiazole rings is 2. The molecule has 4 nitrogen and oxygen atoms in total. The van der Waals surface area contributed by atoms with Crippen LogP contribution in [0, 0.1) is 19.8 Å². The van der Waals surface area contributed by atoms with E-state index in [1.165, 1.54) is 11.3 Å². The van der Waals surface area contributed by atoms with Gasteiger partial charge in [-0.3, -0.25) is 4.79 Å². The summed E-state index contributed by atoms with van der Waals surface area (Å²) in [6.45, 7) is 3.83. The lowest BCUT2D eigenvalue weighted by molar-refractivity contribution is -0.145. The van der Waals surface area contributed by atoms with Gasteiger partial charge in [-0.2, -0.15) is 0 Å². The molecule has 1 aliphatic rings. The zero-order chi connectivity index (χ0) is 15.2. The van der Waals surface area contributed by atoms with Crippen molar-refractivity contribution in [1.82, 2.24) is 9.97 Å². The summed E-state index contributed by atoms with van der Waals surface area (Å²) >= 11 is 2.83. The molecule has 1 fully saturated rings. The number of hydrogen-bond acceptors (Lipinski definition) is 5. The summed E-state index contributed by atoms with van der Waals surface area (Å²) in [4.78, 5) is 21.5. The summed E-state index contributed by atoms with van der Waals surface area (Å²) < 4.78 is 25.5. The topological polar surface area (TPSA) is 54.9 Å². The van der Waals surface area contributed by atoms with Crippen molar-refractivity contribution in [3.63, 3.8) is 0 Å². The molecule has 1 amide bonds. The van der Waals surface area contributed by atoms with Crippen molar-refractivity contribution in [3.8, 4) is 10.6 Å². The second-order valence-corrected chi connectivity index (χ2v) is 7.20. The van der Waals surface area contributed by atoms with Gasteiger partial charge in [0.2, 0.25) is 11.8 Å². The summed E-state index contributed by atoms with van der Waals surface area (Å²) in [6, 6.07) is 0.